The van der Waals surface area contributed by atoms with Gasteiger partial charge in [0.2, 0.25) is 0 Å². The smallest absolute Gasteiger partial charge is 0.289 e. The predicted octanol–water partition coefficient (Wildman–Crippen LogP) is 3.97. The Kier molecular flexibility index (Phi) is 6.36. The highest BCUT2D eigenvalue weighted by Crippen LogP contribution is 2.23. The lowest BCUT2D eigenvalue weighted by Gasteiger charge is -2.34. The SMILES string of the molecule is Cl.O=C(c1ccco1)N1CCN(Cc2ccc(Cl)c(Cl)c2)CC1. The number of benzene rings is 1. The van der Waals surface area contributed by atoms with E-state index in [-0.39, 0.29) is 18.3 Å². The largest absolute Gasteiger partial charge is 0.459 e. The number of hydrogen-bond donors (Lipinski definition) is 0. The molecule has 0 aliphatic carbocycles. The molecule has 1 saturated heterocycles. The number of carbonyl (C=O) groups is 1. The van der Waals surface area contributed by atoms with Crippen LogP contribution >= 0.6 is 35.6 Å². The van der Waals surface area contributed by atoms with Crippen molar-refractivity contribution < 1.29 is 9.21 Å². The van der Waals surface area contributed by atoms with E-state index in [2.05, 4.69) is 4.90 Å². The first-order chi connectivity index (χ1) is 10.6. The van der Waals surface area contributed by atoms with E-state index in [1.165, 1.54) is 6.26 Å². The summed E-state index contributed by atoms with van der Waals surface area (Å²) >= 11 is 12.0. The lowest BCUT2D eigenvalue weighted by atomic mass is 10.2. The first kappa shape index (κ1) is 18.1. The van der Waals surface area contributed by atoms with Gasteiger partial charge in [-0.05, 0) is 29.8 Å². The summed E-state index contributed by atoms with van der Waals surface area (Å²) in [6.07, 6.45) is 1.52. The molecule has 1 amide bonds. The van der Waals surface area contributed by atoms with Gasteiger partial charge in [0.05, 0.1) is 16.3 Å². The van der Waals surface area contributed by atoms with Crippen molar-refractivity contribution in [2.75, 3.05) is 26.2 Å². The highest BCUT2D eigenvalue weighted by molar-refractivity contribution is 6.42. The van der Waals surface area contributed by atoms with Crippen LogP contribution in [0.25, 0.3) is 0 Å². The summed E-state index contributed by atoms with van der Waals surface area (Å²) in [4.78, 5) is 16.3. The molecule has 2 aromatic rings. The van der Waals surface area contributed by atoms with E-state index in [9.17, 15) is 4.79 Å². The van der Waals surface area contributed by atoms with Crippen LogP contribution in [0.2, 0.25) is 10.0 Å². The number of amides is 1. The lowest BCUT2D eigenvalue weighted by Crippen LogP contribution is -2.48. The highest BCUT2D eigenvalue weighted by Gasteiger charge is 2.23. The summed E-state index contributed by atoms with van der Waals surface area (Å²) in [6, 6.07) is 9.12. The van der Waals surface area contributed by atoms with Gasteiger partial charge >= 0.3 is 0 Å². The third kappa shape index (κ3) is 4.42. The molecule has 1 fully saturated rings. The van der Waals surface area contributed by atoms with E-state index in [0.717, 1.165) is 25.2 Å². The maximum absolute atomic E-state index is 12.2. The monoisotopic (exact) mass is 374 g/mol. The van der Waals surface area contributed by atoms with Crippen LogP contribution in [-0.2, 0) is 6.54 Å². The van der Waals surface area contributed by atoms with Crippen LogP contribution in [0.3, 0.4) is 0 Å². The standard InChI is InChI=1S/C16H16Cl2N2O2.ClH/c17-13-4-3-12(10-14(13)18)11-19-5-7-20(8-6-19)16(21)15-2-1-9-22-15;/h1-4,9-10H,5-8,11H2;1H. The van der Waals surface area contributed by atoms with Crippen molar-refractivity contribution in [1.29, 1.82) is 0 Å². The zero-order chi connectivity index (χ0) is 15.5. The summed E-state index contributed by atoms with van der Waals surface area (Å²) in [5.41, 5.74) is 1.13. The van der Waals surface area contributed by atoms with E-state index in [1.54, 1.807) is 12.1 Å². The van der Waals surface area contributed by atoms with Gasteiger partial charge in [-0.15, -0.1) is 12.4 Å². The average Bonchev–Trinajstić information content (AvgIpc) is 3.05. The Bertz CT molecular complexity index is 653. The molecule has 0 spiro atoms. The van der Waals surface area contributed by atoms with E-state index in [1.807, 2.05) is 23.1 Å². The van der Waals surface area contributed by atoms with E-state index < -0.39 is 0 Å². The minimum atomic E-state index is -0.0424. The fourth-order valence-electron chi connectivity index (χ4n) is 2.56. The maximum atomic E-state index is 12.2. The molecule has 23 heavy (non-hydrogen) atoms. The van der Waals surface area contributed by atoms with Crippen molar-refractivity contribution >= 4 is 41.5 Å². The van der Waals surface area contributed by atoms with E-state index in [4.69, 9.17) is 27.6 Å². The Morgan fingerprint density at radius 1 is 1.09 bits per heavy atom. The third-order valence-corrected chi connectivity index (χ3v) is 4.52. The van der Waals surface area contributed by atoms with Crippen molar-refractivity contribution in [2.45, 2.75) is 6.54 Å². The van der Waals surface area contributed by atoms with Gasteiger partial charge in [-0.3, -0.25) is 9.69 Å². The number of carbonyl (C=O) groups excluding carboxylic acids is 1. The summed E-state index contributed by atoms with van der Waals surface area (Å²) < 4.78 is 5.16. The molecule has 2 heterocycles. The quantitative estimate of drug-likeness (QED) is 0.814. The number of piperazine rings is 1. The second kappa shape index (κ2) is 8.06. The molecule has 1 aromatic carbocycles. The normalized spacial score (nSPS) is 15.3. The van der Waals surface area contributed by atoms with Crippen LogP contribution in [0.15, 0.2) is 41.0 Å². The van der Waals surface area contributed by atoms with Gasteiger partial charge in [0.15, 0.2) is 5.76 Å². The molecule has 1 aliphatic rings. The van der Waals surface area contributed by atoms with Gasteiger partial charge in [-0.1, -0.05) is 29.3 Å². The van der Waals surface area contributed by atoms with Gasteiger partial charge < -0.3 is 9.32 Å². The average molecular weight is 376 g/mol. The molecule has 1 aromatic heterocycles. The molecule has 124 valence electrons. The fourth-order valence-corrected chi connectivity index (χ4v) is 2.88. The second-order valence-electron chi connectivity index (χ2n) is 5.29. The van der Waals surface area contributed by atoms with Crippen molar-refractivity contribution in [3.8, 4) is 0 Å². The molecule has 0 saturated carbocycles. The first-order valence-electron chi connectivity index (χ1n) is 7.12. The minimum absolute atomic E-state index is 0. The Labute approximate surface area is 151 Å². The van der Waals surface area contributed by atoms with Crippen molar-refractivity contribution in [2.24, 2.45) is 0 Å². The molecule has 0 N–H and O–H groups in total. The molecule has 7 heteroatoms. The van der Waals surface area contributed by atoms with Crippen LogP contribution < -0.4 is 0 Å². The summed E-state index contributed by atoms with van der Waals surface area (Å²) in [5, 5.41) is 1.14. The molecule has 3 rings (SSSR count). The Hall–Kier alpha value is -1.20. The van der Waals surface area contributed by atoms with E-state index in [0.29, 0.717) is 28.9 Å². The molecule has 1 aliphatic heterocycles. The van der Waals surface area contributed by atoms with Gasteiger partial charge in [-0.25, -0.2) is 0 Å². The molecule has 4 nitrogen and oxygen atoms in total. The summed E-state index contributed by atoms with van der Waals surface area (Å²) in [7, 11) is 0. The minimum Gasteiger partial charge on any atom is -0.459 e. The molecule has 0 radical (unpaired) electrons. The van der Waals surface area contributed by atoms with Gasteiger partial charge in [0, 0.05) is 32.7 Å². The fraction of sp³-hybridized carbons (Fsp3) is 0.312. The van der Waals surface area contributed by atoms with Crippen LogP contribution in [0.5, 0.6) is 0 Å². The second-order valence-corrected chi connectivity index (χ2v) is 6.11. The highest BCUT2D eigenvalue weighted by atomic mass is 35.5. The molecule has 0 unspecified atom stereocenters. The van der Waals surface area contributed by atoms with Crippen LogP contribution in [0.4, 0.5) is 0 Å². The number of furan rings is 1. The molecule has 0 bridgehead atoms. The summed E-state index contributed by atoms with van der Waals surface area (Å²) in [5.74, 6) is 0.358. The van der Waals surface area contributed by atoms with Crippen LogP contribution in [0, 0.1) is 0 Å². The van der Waals surface area contributed by atoms with Crippen molar-refractivity contribution in [1.82, 2.24) is 9.80 Å². The molecule has 0 atom stereocenters. The number of hydrogen-bond acceptors (Lipinski definition) is 3. The lowest BCUT2D eigenvalue weighted by molar-refractivity contribution is 0.0598. The number of halogens is 3. The Morgan fingerprint density at radius 3 is 2.43 bits per heavy atom. The molecular formula is C16H17Cl3N2O2. The molecular weight excluding hydrogens is 359 g/mol. The van der Waals surface area contributed by atoms with Gasteiger partial charge in [0.1, 0.15) is 0 Å². The van der Waals surface area contributed by atoms with Crippen LogP contribution in [0.1, 0.15) is 16.1 Å². The van der Waals surface area contributed by atoms with Gasteiger partial charge in [0.25, 0.3) is 5.91 Å². The predicted molar refractivity (Wildman–Crippen MR) is 93.6 cm³/mol. The number of rotatable bonds is 3. The van der Waals surface area contributed by atoms with Gasteiger partial charge in [-0.2, -0.15) is 0 Å². The zero-order valence-corrected chi connectivity index (χ0v) is 14.7. The third-order valence-electron chi connectivity index (χ3n) is 3.78. The Balaban J connectivity index is 0.00000192. The van der Waals surface area contributed by atoms with E-state index >= 15 is 0 Å². The summed E-state index contributed by atoms with van der Waals surface area (Å²) in [6.45, 7) is 3.85. The number of nitrogens with zero attached hydrogens (tertiary/aromatic N) is 2. The van der Waals surface area contributed by atoms with Crippen LogP contribution in [-0.4, -0.2) is 41.9 Å². The zero-order valence-electron chi connectivity index (χ0n) is 12.4. The van der Waals surface area contributed by atoms with Crippen molar-refractivity contribution in [3.05, 3.63) is 58.0 Å². The maximum Gasteiger partial charge on any atom is 0.289 e. The first-order valence-corrected chi connectivity index (χ1v) is 7.88. The topological polar surface area (TPSA) is 36.7 Å². The van der Waals surface area contributed by atoms with Crippen molar-refractivity contribution in [3.63, 3.8) is 0 Å². The Morgan fingerprint density at radius 2 is 1.83 bits per heavy atom.